The van der Waals surface area contributed by atoms with E-state index >= 15 is 0 Å². The van der Waals surface area contributed by atoms with Gasteiger partial charge < -0.3 is 14.2 Å². The summed E-state index contributed by atoms with van der Waals surface area (Å²) in [7, 11) is 0. The van der Waals surface area contributed by atoms with E-state index in [0.29, 0.717) is 19.3 Å². The van der Waals surface area contributed by atoms with Gasteiger partial charge >= 0.3 is 17.9 Å². The quantitative estimate of drug-likeness (QED) is 0.0345. The molecule has 0 fully saturated rings. The zero-order valence-electron chi connectivity index (χ0n) is 40.4. The van der Waals surface area contributed by atoms with E-state index in [1.807, 2.05) is 0 Å². The monoisotopic (exact) mass is 835 g/mol. The summed E-state index contributed by atoms with van der Waals surface area (Å²) in [4.78, 5) is 37.9. The molecule has 0 aliphatic carbocycles. The molecule has 6 heteroatoms. The largest absolute Gasteiger partial charge is 0.462 e. The first-order valence-corrected chi connectivity index (χ1v) is 26.3. The fraction of sp³-hybridized carbons (Fsp3) is 0.943. The van der Waals surface area contributed by atoms with Gasteiger partial charge in [0, 0.05) is 19.3 Å². The first-order chi connectivity index (χ1) is 28.8. The summed E-state index contributed by atoms with van der Waals surface area (Å²) in [6, 6.07) is 0. The van der Waals surface area contributed by atoms with Gasteiger partial charge in [-0.25, -0.2) is 0 Å². The highest BCUT2D eigenvalue weighted by atomic mass is 16.6. The molecule has 0 radical (unpaired) electrons. The molecular weight excluding hydrogens is 733 g/mol. The van der Waals surface area contributed by atoms with Crippen LogP contribution in [0.1, 0.15) is 291 Å². The van der Waals surface area contributed by atoms with Crippen LogP contribution in [0.3, 0.4) is 0 Å². The number of hydrogen-bond donors (Lipinski definition) is 0. The van der Waals surface area contributed by atoms with Crippen molar-refractivity contribution >= 4 is 17.9 Å². The Hall–Kier alpha value is -1.59. The minimum atomic E-state index is -0.761. The van der Waals surface area contributed by atoms with E-state index in [1.54, 1.807) is 0 Å². The molecule has 0 bridgehead atoms. The Kier molecular flexibility index (Phi) is 44.7. The second-order valence-corrected chi connectivity index (χ2v) is 18.9. The van der Waals surface area contributed by atoms with Gasteiger partial charge in [-0.05, 0) is 31.1 Å². The Morgan fingerprint density at radius 2 is 0.644 bits per heavy atom. The SMILES string of the molecule is CCCCCCCCCCCCC(=O)O[C@@H](COC(=O)CCCCCCCCCCCCCCCCC(C)CC)COC(=O)CCCCCCCCCCCCC(C)C. The van der Waals surface area contributed by atoms with Gasteiger partial charge in [0.1, 0.15) is 13.2 Å². The fourth-order valence-corrected chi connectivity index (χ4v) is 7.96. The molecule has 0 spiro atoms. The summed E-state index contributed by atoms with van der Waals surface area (Å²) >= 11 is 0. The number of hydrogen-bond acceptors (Lipinski definition) is 6. The highest BCUT2D eigenvalue weighted by Gasteiger charge is 2.19. The molecule has 0 aromatic rings. The van der Waals surface area contributed by atoms with Crippen molar-refractivity contribution in [2.24, 2.45) is 11.8 Å². The molecule has 350 valence electrons. The molecule has 0 rings (SSSR count). The van der Waals surface area contributed by atoms with Gasteiger partial charge in [0.25, 0.3) is 0 Å². The van der Waals surface area contributed by atoms with Gasteiger partial charge in [-0.3, -0.25) is 14.4 Å². The van der Waals surface area contributed by atoms with Gasteiger partial charge in [0.2, 0.25) is 0 Å². The average Bonchev–Trinajstić information content (AvgIpc) is 3.22. The van der Waals surface area contributed by atoms with Crippen LogP contribution in [0.5, 0.6) is 0 Å². The minimum Gasteiger partial charge on any atom is -0.462 e. The van der Waals surface area contributed by atoms with E-state index in [0.717, 1.165) is 69.6 Å². The number of esters is 3. The summed E-state index contributed by atoms with van der Waals surface area (Å²) in [6.07, 6.45) is 46.5. The van der Waals surface area contributed by atoms with Crippen LogP contribution >= 0.6 is 0 Å². The van der Waals surface area contributed by atoms with Gasteiger partial charge in [0.05, 0.1) is 0 Å². The maximum absolute atomic E-state index is 12.7. The molecule has 0 aliphatic rings. The standard InChI is InChI=1S/C53H102O6/c1-6-8-9-10-11-12-23-30-35-40-45-53(56)59-50(47-58-52(55)44-39-34-29-25-20-19-21-26-31-36-41-48(3)4)46-57-51(54)43-38-33-28-24-18-16-14-13-15-17-22-27-32-37-42-49(5)7-2/h48-50H,6-47H2,1-5H3/t49?,50-/m0/s1. The summed E-state index contributed by atoms with van der Waals surface area (Å²) in [5.74, 6) is 0.865. The Balaban J connectivity index is 4.25. The molecular formula is C53H102O6. The highest BCUT2D eigenvalue weighted by Crippen LogP contribution is 2.18. The van der Waals surface area contributed by atoms with Crippen molar-refractivity contribution < 1.29 is 28.6 Å². The predicted octanol–water partition coefficient (Wildman–Crippen LogP) is 16.9. The van der Waals surface area contributed by atoms with Crippen LogP contribution in [0.25, 0.3) is 0 Å². The van der Waals surface area contributed by atoms with E-state index in [1.165, 1.54) is 180 Å². The molecule has 6 nitrogen and oxygen atoms in total. The lowest BCUT2D eigenvalue weighted by molar-refractivity contribution is -0.167. The third-order valence-electron chi connectivity index (χ3n) is 12.3. The smallest absolute Gasteiger partial charge is 0.306 e. The Labute approximate surface area is 368 Å². The summed E-state index contributed by atoms with van der Waals surface area (Å²) in [5, 5.41) is 0. The van der Waals surface area contributed by atoms with Crippen molar-refractivity contribution in [2.45, 2.75) is 298 Å². The molecule has 0 aromatic heterocycles. The van der Waals surface area contributed by atoms with E-state index in [-0.39, 0.29) is 31.1 Å². The highest BCUT2D eigenvalue weighted by molar-refractivity contribution is 5.71. The Morgan fingerprint density at radius 3 is 0.966 bits per heavy atom. The zero-order chi connectivity index (χ0) is 43.3. The van der Waals surface area contributed by atoms with Gasteiger partial charge in [0.15, 0.2) is 6.10 Å². The zero-order valence-corrected chi connectivity index (χ0v) is 40.4. The summed E-state index contributed by atoms with van der Waals surface area (Å²) in [6.45, 7) is 11.4. The minimum absolute atomic E-state index is 0.0636. The van der Waals surface area contributed by atoms with Crippen LogP contribution in [0.2, 0.25) is 0 Å². The second-order valence-electron chi connectivity index (χ2n) is 18.9. The van der Waals surface area contributed by atoms with Crippen molar-refractivity contribution in [1.29, 1.82) is 0 Å². The second kappa shape index (κ2) is 45.9. The van der Waals surface area contributed by atoms with E-state index in [9.17, 15) is 14.4 Å². The van der Waals surface area contributed by atoms with Crippen molar-refractivity contribution in [3.8, 4) is 0 Å². The normalized spacial score (nSPS) is 12.5. The molecule has 0 saturated heterocycles. The average molecular weight is 835 g/mol. The number of ether oxygens (including phenoxy) is 3. The summed E-state index contributed by atoms with van der Waals surface area (Å²) in [5.41, 5.74) is 0. The predicted molar refractivity (Wildman–Crippen MR) is 252 cm³/mol. The van der Waals surface area contributed by atoms with Crippen LogP contribution in [-0.2, 0) is 28.6 Å². The van der Waals surface area contributed by atoms with E-state index < -0.39 is 6.10 Å². The van der Waals surface area contributed by atoms with Gasteiger partial charge in [-0.1, -0.05) is 253 Å². The molecule has 0 aromatic carbocycles. The number of rotatable bonds is 47. The Morgan fingerprint density at radius 1 is 0.356 bits per heavy atom. The third kappa shape index (κ3) is 45.8. The van der Waals surface area contributed by atoms with Crippen LogP contribution in [0.15, 0.2) is 0 Å². The fourth-order valence-electron chi connectivity index (χ4n) is 7.96. The van der Waals surface area contributed by atoms with Crippen LogP contribution in [0.4, 0.5) is 0 Å². The molecule has 0 N–H and O–H groups in total. The number of carbonyl (C=O) groups is 3. The number of carbonyl (C=O) groups excluding carboxylic acids is 3. The first-order valence-electron chi connectivity index (χ1n) is 26.3. The number of unbranched alkanes of at least 4 members (excludes halogenated alkanes) is 31. The molecule has 0 amide bonds. The molecule has 0 heterocycles. The molecule has 59 heavy (non-hydrogen) atoms. The van der Waals surface area contributed by atoms with Crippen LogP contribution < -0.4 is 0 Å². The van der Waals surface area contributed by atoms with E-state index in [2.05, 4.69) is 34.6 Å². The van der Waals surface area contributed by atoms with Gasteiger partial charge in [-0.2, -0.15) is 0 Å². The topological polar surface area (TPSA) is 78.9 Å². The van der Waals surface area contributed by atoms with Crippen molar-refractivity contribution in [2.75, 3.05) is 13.2 Å². The molecule has 1 unspecified atom stereocenters. The molecule has 0 aliphatic heterocycles. The lowest BCUT2D eigenvalue weighted by atomic mass is 9.99. The van der Waals surface area contributed by atoms with Crippen LogP contribution in [-0.4, -0.2) is 37.2 Å². The van der Waals surface area contributed by atoms with E-state index in [4.69, 9.17) is 14.2 Å². The molecule has 0 saturated carbocycles. The van der Waals surface area contributed by atoms with Gasteiger partial charge in [-0.15, -0.1) is 0 Å². The van der Waals surface area contributed by atoms with Crippen molar-refractivity contribution in [1.82, 2.24) is 0 Å². The first kappa shape index (κ1) is 57.4. The maximum Gasteiger partial charge on any atom is 0.306 e. The molecule has 2 atom stereocenters. The summed E-state index contributed by atoms with van der Waals surface area (Å²) < 4.78 is 16.8. The lowest BCUT2D eigenvalue weighted by Crippen LogP contribution is -2.30. The maximum atomic E-state index is 12.7. The third-order valence-corrected chi connectivity index (χ3v) is 12.3. The van der Waals surface area contributed by atoms with Crippen molar-refractivity contribution in [3.05, 3.63) is 0 Å². The van der Waals surface area contributed by atoms with Crippen molar-refractivity contribution in [3.63, 3.8) is 0 Å². The Bertz CT molecular complexity index is 902. The van der Waals surface area contributed by atoms with Crippen LogP contribution in [0, 0.1) is 11.8 Å². The lowest BCUT2D eigenvalue weighted by Gasteiger charge is -2.18.